The Hall–Kier alpha value is -1.45. The molecule has 2 atom stereocenters. The van der Waals surface area contributed by atoms with Crippen LogP contribution >= 0.6 is 15.9 Å². The predicted molar refractivity (Wildman–Crippen MR) is 105 cm³/mol. The van der Waals surface area contributed by atoms with Gasteiger partial charge in [0.2, 0.25) is 0 Å². The molecule has 0 aliphatic carbocycles. The van der Waals surface area contributed by atoms with Crippen molar-refractivity contribution in [2.75, 3.05) is 14.1 Å². The molecule has 0 aliphatic rings. The van der Waals surface area contributed by atoms with Crippen LogP contribution in [0.1, 0.15) is 31.4 Å². The second kappa shape index (κ2) is 8.09. The van der Waals surface area contributed by atoms with E-state index >= 15 is 0 Å². The van der Waals surface area contributed by atoms with Gasteiger partial charge in [0.25, 0.3) is 0 Å². The third kappa shape index (κ3) is 3.79. The summed E-state index contributed by atoms with van der Waals surface area (Å²) >= 11 is 3.53. The summed E-state index contributed by atoms with van der Waals surface area (Å²) in [6.45, 7) is 4.09. The maximum absolute atomic E-state index is 13.5. The smallest absolute Gasteiger partial charge is 0.161 e. The van der Waals surface area contributed by atoms with E-state index in [1.807, 2.05) is 43.3 Å². The summed E-state index contributed by atoms with van der Waals surface area (Å²) in [5, 5.41) is 0. The lowest BCUT2D eigenvalue weighted by Gasteiger charge is -2.38. The fourth-order valence-electron chi connectivity index (χ4n) is 3.20. The summed E-state index contributed by atoms with van der Waals surface area (Å²) in [5.74, 6) is 0.202. The molecule has 3 heteroatoms. The largest absolute Gasteiger partial charge is 0.307 e. The summed E-state index contributed by atoms with van der Waals surface area (Å²) in [6, 6.07) is 20.6. The van der Waals surface area contributed by atoms with Gasteiger partial charge in [-0.25, -0.2) is 0 Å². The minimum atomic E-state index is -0.658. The van der Waals surface area contributed by atoms with Crippen LogP contribution in [-0.2, 0) is 10.2 Å². The van der Waals surface area contributed by atoms with Crippen LogP contribution in [0, 0.1) is 0 Å². The number of halogens is 1. The molecular formula is C21H26BrNO. The van der Waals surface area contributed by atoms with Gasteiger partial charge in [0.05, 0.1) is 10.2 Å². The van der Waals surface area contributed by atoms with Gasteiger partial charge in [0, 0.05) is 6.04 Å². The van der Waals surface area contributed by atoms with E-state index < -0.39 is 5.41 Å². The first kappa shape index (κ1) is 18.9. The van der Waals surface area contributed by atoms with Gasteiger partial charge in [-0.05, 0) is 45.5 Å². The Balaban J connectivity index is 2.71. The van der Waals surface area contributed by atoms with Crippen LogP contribution in [-0.4, -0.2) is 35.6 Å². The maximum Gasteiger partial charge on any atom is 0.161 e. The zero-order chi connectivity index (χ0) is 17.7. The molecule has 2 aromatic carbocycles. The van der Waals surface area contributed by atoms with E-state index in [2.05, 4.69) is 66.1 Å². The third-order valence-corrected chi connectivity index (χ3v) is 5.21. The number of nitrogens with zero attached hydrogens (tertiary/aromatic N) is 1. The molecule has 0 fully saturated rings. The number of carbonyl (C=O) groups excluding carboxylic acids is 1. The predicted octanol–water partition coefficient (Wildman–Crippen LogP) is 4.67. The highest BCUT2D eigenvalue weighted by molar-refractivity contribution is 9.10. The molecule has 0 radical (unpaired) electrons. The van der Waals surface area contributed by atoms with Crippen molar-refractivity contribution in [1.29, 1.82) is 0 Å². The van der Waals surface area contributed by atoms with Crippen molar-refractivity contribution in [3.63, 3.8) is 0 Å². The lowest BCUT2D eigenvalue weighted by atomic mass is 9.67. The fourth-order valence-corrected chi connectivity index (χ4v) is 3.59. The average molecular weight is 388 g/mol. The molecule has 0 heterocycles. The summed E-state index contributed by atoms with van der Waals surface area (Å²) in [7, 11) is 4.13. The van der Waals surface area contributed by atoms with Crippen molar-refractivity contribution in [2.45, 2.75) is 36.6 Å². The molecular weight excluding hydrogens is 362 g/mol. The van der Waals surface area contributed by atoms with Crippen molar-refractivity contribution in [1.82, 2.24) is 4.90 Å². The minimum Gasteiger partial charge on any atom is -0.307 e. The van der Waals surface area contributed by atoms with Crippen molar-refractivity contribution in [3.8, 4) is 0 Å². The first-order valence-corrected chi connectivity index (χ1v) is 9.27. The van der Waals surface area contributed by atoms with Gasteiger partial charge < -0.3 is 4.90 Å². The lowest BCUT2D eigenvalue weighted by molar-refractivity contribution is -0.123. The highest BCUT2D eigenvalue weighted by atomic mass is 79.9. The molecule has 24 heavy (non-hydrogen) atoms. The van der Waals surface area contributed by atoms with Gasteiger partial charge in [-0.15, -0.1) is 0 Å². The monoisotopic (exact) mass is 387 g/mol. The Morgan fingerprint density at radius 3 is 1.71 bits per heavy atom. The first-order valence-electron chi connectivity index (χ1n) is 8.35. The molecule has 2 rings (SSSR count). The molecule has 0 spiro atoms. The normalized spacial score (nSPS) is 14.4. The fraction of sp³-hybridized carbons (Fsp3) is 0.381. The quantitative estimate of drug-likeness (QED) is 0.643. The Kier molecular flexibility index (Phi) is 6.36. The van der Waals surface area contributed by atoms with Crippen molar-refractivity contribution < 1.29 is 4.79 Å². The van der Waals surface area contributed by atoms with Crippen LogP contribution in [0.15, 0.2) is 60.7 Å². The molecule has 2 aromatic rings. The second-order valence-electron chi connectivity index (χ2n) is 6.63. The summed E-state index contributed by atoms with van der Waals surface area (Å²) in [6.07, 6.45) is 0.739. The first-order chi connectivity index (χ1) is 11.4. The molecule has 128 valence electrons. The molecule has 0 saturated heterocycles. The van der Waals surface area contributed by atoms with Gasteiger partial charge >= 0.3 is 0 Å². The van der Waals surface area contributed by atoms with Crippen molar-refractivity contribution >= 4 is 21.7 Å². The van der Waals surface area contributed by atoms with E-state index in [-0.39, 0.29) is 16.7 Å². The van der Waals surface area contributed by atoms with Crippen molar-refractivity contribution in [2.24, 2.45) is 0 Å². The van der Waals surface area contributed by atoms with E-state index in [1.54, 1.807) is 0 Å². The molecule has 0 saturated carbocycles. The average Bonchev–Trinajstić information content (AvgIpc) is 2.60. The number of carbonyl (C=O) groups is 1. The number of alkyl halides is 1. The van der Waals surface area contributed by atoms with Crippen LogP contribution in [0.3, 0.4) is 0 Å². The second-order valence-corrected chi connectivity index (χ2v) is 8.01. The zero-order valence-electron chi connectivity index (χ0n) is 14.9. The van der Waals surface area contributed by atoms with Gasteiger partial charge in [0.1, 0.15) is 0 Å². The van der Waals surface area contributed by atoms with Crippen LogP contribution in [0.2, 0.25) is 0 Å². The van der Waals surface area contributed by atoms with Crippen LogP contribution in [0.4, 0.5) is 0 Å². The van der Waals surface area contributed by atoms with Gasteiger partial charge in [-0.1, -0.05) is 76.6 Å². The SMILES string of the molecule is C[C@H](Br)C(=O)C(C[C@H](C)N(C)C)(c1ccccc1)c1ccccc1. The zero-order valence-corrected chi connectivity index (χ0v) is 16.5. The number of Topliss-reactive ketones (excluding diaryl/α,β-unsaturated/α-hetero) is 1. The summed E-state index contributed by atoms with van der Waals surface area (Å²) < 4.78 is 0. The van der Waals surface area contributed by atoms with E-state index in [0.717, 1.165) is 17.5 Å². The van der Waals surface area contributed by atoms with Gasteiger partial charge in [-0.2, -0.15) is 0 Å². The van der Waals surface area contributed by atoms with E-state index in [9.17, 15) is 4.79 Å². The number of hydrogen-bond acceptors (Lipinski definition) is 2. The van der Waals surface area contributed by atoms with E-state index in [0.29, 0.717) is 0 Å². The summed E-state index contributed by atoms with van der Waals surface area (Å²) in [5.41, 5.74) is 1.46. The van der Waals surface area contributed by atoms with Crippen LogP contribution in [0.25, 0.3) is 0 Å². The molecule has 0 N–H and O–H groups in total. The molecule has 0 aliphatic heterocycles. The van der Waals surface area contributed by atoms with E-state index in [1.165, 1.54) is 0 Å². The van der Waals surface area contributed by atoms with Crippen LogP contribution in [0.5, 0.6) is 0 Å². The highest BCUT2D eigenvalue weighted by Crippen LogP contribution is 2.40. The summed E-state index contributed by atoms with van der Waals surface area (Å²) in [4.78, 5) is 15.4. The van der Waals surface area contributed by atoms with Crippen LogP contribution < -0.4 is 0 Å². The Labute approximate surface area is 154 Å². The lowest BCUT2D eigenvalue weighted by Crippen LogP contribution is -2.45. The minimum absolute atomic E-state index is 0.202. The Bertz CT molecular complexity index is 613. The third-order valence-electron chi connectivity index (χ3n) is 4.80. The van der Waals surface area contributed by atoms with Crippen molar-refractivity contribution in [3.05, 3.63) is 71.8 Å². The number of hydrogen-bond donors (Lipinski definition) is 0. The van der Waals surface area contributed by atoms with E-state index in [4.69, 9.17) is 0 Å². The molecule has 2 nitrogen and oxygen atoms in total. The van der Waals surface area contributed by atoms with Gasteiger partial charge in [-0.3, -0.25) is 4.79 Å². The molecule has 0 unspecified atom stereocenters. The number of rotatable bonds is 7. The number of ketones is 1. The Morgan fingerprint density at radius 1 is 0.958 bits per heavy atom. The Morgan fingerprint density at radius 2 is 1.38 bits per heavy atom. The topological polar surface area (TPSA) is 20.3 Å². The highest BCUT2D eigenvalue weighted by Gasteiger charge is 2.44. The van der Waals surface area contributed by atoms with Gasteiger partial charge in [0.15, 0.2) is 5.78 Å². The standard InChI is InChI=1S/C21H26BrNO/c1-16(23(3)4)15-21(20(24)17(2)22,18-11-7-5-8-12-18)19-13-9-6-10-14-19/h5-14,16-17H,15H2,1-4H3/t16-,17-/m0/s1. The maximum atomic E-state index is 13.5. The number of benzene rings is 2. The molecule has 0 aromatic heterocycles. The molecule has 0 amide bonds. The molecule has 0 bridgehead atoms.